The Balaban J connectivity index is 1.58. The van der Waals surface area contributed by atoms with Crippen LogP contribution in [0.25, 0.3) is 0 Å². The number of amides is 1. The van der Waals surface area contributed by atoms with Crippen LogP contribution in [0.3, 0.4) is 0 Å². The van der Waals surface area contributed by atoms with E-state index in [0.29, 0.717) is 19.4 Å². The molecule has 1 aromatic rings. The van der Waals surface area contributed by atoms with Gasteiger partial charge in [-0.1, -0.05) is 18.2 Å². The molecule has 0 saturated carbocycles. The van der Waals surface area contributed by atoms with Crippen LogP contribution in [-0.4, -0.2) is 38.4 Å². The fourth-order valence-electron chi connectivity index (χ4n) is 2.98. The van der Waals surface area contributed by atoms with Crippen LogP contribution < -0.4 is 10.6 Å². The first-order valence-electron chi connectivity index (χ1n) is 7.36. The molecule has 1 amide bonds. The van der Waals surface area contributed by atoms with Crippen molar-refractivity contribution in [3.05, 3.63) is 29.8 Å². The Morgan fingerprint density at radius 2 is 1.90 bits per heavy atom. The molecule has 2 aliphatic heterocycles. The van der Waals surface area contributed by atoms with E-state index in [1.165, 1.54) is 0 Å². The Bertz CT molecular complexity index is 628. The van der Waals surface area contributed by atoms with Crippen LogP contribution in [0, 0.1) is 5.92 Å². The van der Waals surface area contributed by atoms with Crippen LogP contribution >= 0.6 is 0 Å². The van der Waals surface area contributed by atoms with Crippen molar-refractivity contribution in [1.29, 1.82) is 0 Å². The number of hydrogen-bond acceptors (Lipinski definition) is 4. The van der Waals surface area contributed by atoms with E-state index in [-0.39, 0.29) is 29.4 Å². The molecule has 5 nitrogen and oxygen atoms in total. The first-order chi connectivity index (χ1) is 10.0. The van der Waals surface area contributed by atoms with E-state index in [4.69, 9.17) is 0 Å². The minimum Gasteiger partial charge on any atom is -0.384 e. The molecule has 0 aliphatic carbocycles. The van der Waals surface area contributed by atoms with Gasteiger partial charge in [0.05, 0.1) is 17.4 Å². The minimum absolute atomic E-state index is 0.00167. The maximum atomic E-state index is 12.3. The van der Waals surface area contributed by atoms with Crippen molar-refractivity contribution in [3.63, 3.8) is 0 Å². The van der Waals surface area contributed by atoms with E-state index in [1.54, 1.807) is 0 Å². The van der Waals surface area contributed by atoms with Gasteiger partial charge in [0, 0.05) is 18.3 Å². The van der Waals surface area contributed by atoms with Crippen molar-refractivity contribution < 1.29 is 13.2 Å². The Kier molecular flexibility index (Phi) is 3.89. The Labute approximate surface area is 125 Å². The summed E-state index contributed by atoms with van der Waals surface area (Å²) >= 11 is 0. The highest BCUT2D eigenvalue weighted by atomic mass is 32.2. The van der Waals surface area contributed by atoms with Crippen LogP contribution in [0.2, 0.25) is 0 Å². The molecule has 1 saturated heterocycles. The molecule has 114 valence electrons. The summed E-state index contributed by atoms with van der Waals surface area (Å²) in [5.74, 6) is 0.313. The van der Waals surface area contributed by atoms with Gasteiger partial charge < -0.3 is 10.6 Å². The Morgan fingerprint density at radius 1 is 1.19 bits per heavy atom. The molecule has 2 heterocycles. The van der Waals surface area contributed by atoms with Gasteiger partial charge in [-0.15, -0.1) is 0 Å². The monoisotopic (exact) mass is 308 g/mol. The molecule has 0 bridgehead atoms. The topological polar surface area (TPSA) is 75.3 Å². The molecule has 3 rings (SSSR count). The van der Waals surface area contributed by atoms with E-state index >= 15 is 0 Å². The van der Waals surface area contributed by atoms with Crippen molar-refractivity contribution in [2.45, 2.75) is 25.3 Å². The van der Waals surface area contributed by atoms with Crippen LogP contribution in [-0.2, 0) is 21.1 Å². The molecule has 1 aromatic carbocycles. The van der Waals surface area contributed by atoms with Gasteiger partial charge in [-0.3, -0.25) is 4.79 Å². The zero-order valence-corrected chi connectivity index (χ0v) is 12.7. The third-order valence-corrected chi connectivity index (χ3v) is 6.01. The van der Waals surface area contributed by atoms with Gasteiger partial charge in [0.15, 0.2) is 0 Å². The van der Waals surface area contributed by atoms with Gasteiger partial charge in [-0.25, -0.2) is 8.42 Å². The zero-order valence-electron chi connectivity index (χ0n) is 11.8. The normalized spacial score (nSPS) is 24.7. The predicted molar refractivity (Wildman–Crippen MR) is 81.9 cm³/mol. The third kappa shape index (κ3) is 3.37. The molecule has 0 spiro atoms. The van der Waals surface area contributed by atoms with Crippen LogP contribution in [0.1, 0.15) is 18.4 Å². The number of rotatable bonds is 2. The number of para-hydroxylation sites is 1. The summed E-state index contributed by atoms with van der Waals surface area (Å²) in [5.41, 5.74) is 2.26. The van der Waals surface area contributed by atoms with Crippen LogP contribution in [0.15, 0.2) is 24.3 Å². The van der Waals surface area contributed by atoms with Gasteiger partial charge in [0.2, 0.25) is 5.91 Å². The fraction of sp³-hybridized carbons (Fsp3) is 0.533. The third-order valence-electron chi connectivity index (χ3n) is 4.29. The molecule has 0 aromatic heterocycles. The fourth-order valence-corrected chi connectivity index (χ4v) is 4.47. The molecule has 2 N–H and O–H groups in total. The maximum Gasteiger partial charge on any atom is 0.225 e. The molecule has 1 atom stereocenters. The summed E-state index contributed by atoms with van der Waals surface area (Å²) in [6, 6.07) is 8.02. The number of fused-ring (bicyclic) bond motifs is 1. The van der Waals surface area contributed by atoms with E-state index in [9.17, 15) is 13.2 Å². The average Bonchev–Trinajstić information content (AvgIpc) is 2.49. The highest BCUT2D eigenvalue weighted by Gasteiger charge is 2.29. The van der Waals surface area contributed by atoms with E-state index in [2.05, 4.69) is 10.6 Å². The molecular formula is C15H20N2O3S. The number of hydrogen-bond donors (Lipinski definition) is 2. The highest BCUT2D eigenvalue weighted by molar-refractivity contribution is 7.91. The lowest BCUT2D eigenvalue weighted by atomic mass is 9.93. The van der Waals surface area contributed by atoms with Crippen LogP contribution in [0.5, 0.6) is 0 Å². The lowest BCUT2D eigenvalue weighted by molar-refractivity contribution is -0.125. The van der Waals surface area contributed by atoms with Crippen molar-refractivity contribution in [1.82, 2.24) is 5.32 Å². The predicted octanol–water partition coefficient (Wildman–Crippen LogP) is 0.964. The van der Waals surface area contributed by atoms with Crippen molar-refractivity contribution >= 4 is 21.4 Å². The lowest BCUT2D eigenvalue weighted by Gasteiger charge is -2.29. The van der Waals surface area contributed by atoms with Crippen molar-refractivity contribution in [3.8, 4) is 0 Å². The van der Waals surface area contributed by atoms with Gasteiger partial charge in [-0.05, 0) is 30.9 Å². The summed E-state index contributed by atoms with van der Waals surface area (Å²) in [4.78, 5) is 12.3. The minimum atomic E-state index is -2.88. The number of carbonyl (C=O) groups is 1. The van der Waals surface area contributed by atoms with E-state index in [1.807, 2.05) is 24.3 Å². The van der Waals surface area contributed by atoms with Gasteiger partial charge in [-0.2, -0.15) is 0 Å². The highest BCUT2D eigenvalue weighted by Crippen LogP contribution is 2.24. The van der Waals surface area contributed by atoms with Gasteiger partial charge in [0.25, 0.3) is 0 Å². The Morgan fingerprint density at radius 3 is 2.67 bits per heavy atom. The summed E-state index contributed by atoms with van der Waals surface area (Å²) in [6.45, 7) is 0.633. The van der Waals surface area contributed by atoms with Gasteiger partial charge in [0.1, 0.15) is 9.84 Å². The largest absolute Gasteiger partial charge is 0.384 e. The molecule has 21 heavy (non-hydrogen) atoms. The second-order valence-corrected chi connectivity index (χ2v) is 8.18. The summed E-state index contributed by atoms with van der Waals surface area (Å²) in [7, 11) is -2.88. The molecule has 2 aliphatic rings. The molecular weight excluding hydrogens is 288 g/mol. The number of carbonyl (C=O) groups excluding carboxylic acids is 1. The Hall–Kier alpha value is -1.56. The van der Waals surface area contributed by atoms with E-state index < -0.39 is 9.84 Å². The number of nitrogens with one attached hydrogen (secondary N) is 2. The summed E-state index contributed by atoms with van der Waals surface area (Å²) in [6.07, 6.45) is 1.80. The second kappa shape index (κ2) is 5.67. The molecule has 6 heteroatoms. The number of benzene rings is 1. The SMILES string of the molecule is O=C(NC1CCS(=O)(=O)CC1)C1CNc2ccccc2C1. The van der Waals surface area contributed by atoms with Crippen LogP contribution in [0.4, 0.5) is 5.69 Å². The lowest BCUT2D eigenvalue weighted by Crippen LogP contribution is -2.46. The maximum absolute atomic E-state index is 12.3. The summed E-state index contributed by atoms with van der Waals surface area (Å²) < 4.78 is 22.8. The average molecular weight is 308 g/mol. The molecule has 1 unspecified atom stereocenters. The van der Waals surface area contributed by atoms with Crippen molar-refractivity contribution in [2.75, 3.05) is 23.4 Å². The quantitative estimate of drug-likeness (QED) is 0.853. The zero-order chi connectivity index (χ0) is 14.9. The smallest absolute Gasteiger partial charge is 0.225 e. The first-order valence-corrected chi connectivity index (χ1v) is 9.18. The molecule has 1 fully saturated rings. The summed E-state index contributed by atoms with van der Waals surface area (Å²) in [5, 5.41) is 6.30. The first kappa shape index (κ1) is 14.4. The number of anilines is 1. The number of sulfone groups is 1. The second-order valence-electron chi connectivity index (χ2n) is 5.87. The van der Waals surface area contributed by atoms with E-state index in [0.717, 1.165) is 17.7 Å². The van der Waals surface area contributed by atoms with Gasteiger partial charge >= 0.3 is 0 Å². The van der Waals surface area contributed by atoms with Crippen molar-refractivity contribution in [2.24, 2.45) is 5.92 Å². The standard InChI is InChI=1S/C15H20N2O3S/c18-15(17-13-5-7-21(19,20)8-6-13)12-9-11-3-1-2-4-14(11)16-10-12/h1-4,12-13,16H,5-10H2,(H,17,18). The molecule has 0 radical (unpaired) electrons.